The molecule has 5 heteroatoms. The average Bonchev–Trinajstić information content (AvgIpc) is 2.49. The summed E-state index contributed by atoms with van der Waals surface area (Å²) in [5.74, 6) is 0.865. The largest absolute Gasteiger partial charge is 0.481 e. The highest BCUT2D eigenvalue weighted by atomic mass is 16.5. The van der Waals surface area contributed by atoms with Crippen LogP contribution >= 0.6 is 0 Å². The predicted molar refractivity (Wildman–Crippen MR) is 84.1 cm³/mol. The quantitative estimate of drug-likeness (QED) is 0.882. The minimum absolute atomic E-state index is 0.0495. The Morgan fingerprint density at radius 2 is 2.09 bits per heavy atom. The number of rotatable bonds is 2. The van der Waals surface area contributed by atoms with E-state index in [1.807, 2.05) is 0 Å². The van der Waals surface area contributed by atoms with Gasteiger partial charge in [-0.2, -0.15) is 0 Å². The zero-order valence-electron chi connectivity index (χ0n) is 13.1. The monoisotopic (exact) mass is 302 g/mol. The molecule has 5 nitrogen and oxygen atoms in total. The van der Waals surface area contributed by atoms with Crippen molar-refractivity contribution in [3.8, 4) is 5.75 Å². The van der Waals surface area contributed by atoms with E-state index in [2.05, 4.69) is 24.5 Å². The fourth-order valence-corrected chi connectivity index (χ4v) is 3.16. The molecule has 0 radical (unpaired) electrons. The van der Waals surface area contributed by atoms with Gasteiger partial charge in [0.15, 0.2) is 12.4 Å². The normalized spacial score (nSPS) is 27.4. The smallest absolute Gasteiger partial charge is 0.262 e. The zero-order valence-corrected chi connectivity index (χ0v) is 13.1. The lowest BCUT2D eigenvalue weighted by atomic mass is 9.78. The van der Waals surface area contributed by atoms with Gasteiger partial charge in [0.25, 0.3) is 11.8 Å². The summed E-state index contributed by atoms with van der Waals surface area (Å²) in [4.78, 5) is 24.0. The summed E-state index contributed by atoms with van der Waals surface area (Å²) in [6, 6.07) is 5.24. The Morgan fingerprint density at radius 1 is 1.36 bits per heavy atom. The number of hydrogen-bond donors (Lipinski definition) is 2. The fraction of sp³-hybridized carbons (Fsp3) is 0.529. The Balaban J connectivity index is 1.78. The lowest BCUT2D eigenvalue weighted by molar-refractivity contribution is -0.118. The standard InChI is InChI=1S/C17H22N2O3/c1-11-6-8-17(2,9-7-11)19-16(21)12-4-3-5-13-15(12)22-10-14(20)18-13/h3-5,11H,6-10H2,1-2H3,(H,18,20)(H,19,21). The number of amides is 2. The lowest BCUT2D eigenvalue weighted by Crippen LogP contribution is -2.48. The first kappa shape index (κ1) is 14.9. The molecule has 118 valence electrons. The van der Waals surface area contributed by atoms with Crippen molar-refractivity contribution >= 4 is 17.5 Å². The highest BCUT2D eigenvalue weighted by Gasteiger charge is 2.32. The molecule has 1 saturated carbocycles. The number of nitrogens with one attached hydrogen (secondary N) is 2. The molecule has 0 saturated heterocycles. The molecule has 22 heavy (non-hydrogen) atoms. The maximum Gasteiger partial charge on any atom is 0.262 e. The van der Waals surface area contributed by atoms with Crippen LogP contribution in [0.4, 0.5) is 5.69 Å². The molecule has 1 aliphatic heterocycles. The van der Waals surface area contributed by atoms with Crippen molar-refractivity contribution < 1.29 is 14.3 Å². The third-order valence-corrected chi connectivity index (χ3v) is 4.67. The van der Waals surface area contributed by atoms with Crippen LogP contribution in [0, 0.1) is 5.92 Å². The van der Waals surface area contributed by atoms with E-state index in [4.69, 9.17) is 4.74 Å². The molecule has 0 bridgehead atoms. The molecule has 1 aromatic carbocycles. The third kappa shape index (κ3) is 2.93. The van der Waals surface area contributed by atoms with Crippen LogP contribution in [0.5, 0.6) is 5.75 Å². The second kappa shape index (κ2) is 5.63. The van der Waals surface area contributed by atoms with Gasteiger partial charge in [-0.1, -0.05) is 13.0 Å². The van der Waals surface area contributed by atoms with E-state index in [0.717, 1.165) is 31.6 Å². The van der Waals surface area contributed by atoms with E-state index >= 15 is 0 Å². The van der Waals surface area contributed by atoms with Crippen molar-refractivity contribution in [1.29, 1.82) is 0 Å². The van der Waals surface area contributed by atoms with Crippen LogP contribution in [-0.4, -0.2) is 24.0 Å². The summed E-state index contributed by atoms with van der Waals surface area (Å²) in [6.07, 6.45) is 4.26. The van der Waals surface area contributed by atoms with Crippen LogP contribution in [0.2, 0.25) is 0 Å². The van der Waals surface area contributed by atoms with Crippen LogP contribution < -0.4 is 15.4 Å². The van der Waals surface area contributed by atoms with Gasteiger partial charge in [0.2, 0.25) is 0 Å². The molecule has 2 amide bonds. The Morgan fingerprint density at radius 3 is 2.82 bits per heavy atom. The number of carbonyl (C=O) groups excluding carboxylic acids is 2. The van der Waals surface area contributed by atoms with Gasteiger partial charge in [-0.05, 0) is 50.7 Å². The van der Waals surface area contributed by atoms with Crippen molar-refractivity contribution in [2.24, 2.45) is 5.92 Å². The first-order valence-electron chi connectivity index (χ1n) is 7.85. The van der Waals surface area contributed by atoms with E-state index in [-0.39, 0.29) is 24.0 Å². The predicted octanol–water partition coefficient (Wildman–Crippen LogP) is 2.72. The lowest BCUT2D eigenvalue weighted by Gasteiger charge is -2.37. The molecule has 3 rings (SSSR count). The van der Waals surface area contributed by atoms with Crippen LogP contribution in [0.15, 0.2) is 18.2 Å². The Labute approximate surface area is 130 Å². The molecular weight excluding hydrogens is 280 g/mol. The molecule has 1 aromatic rings. The van der Waals surface area contributed by atoms with Crippen molar-refractivity contribution in [2.45, 2.75) is 45.1 Å². The summed E-state index contributed by atoms with van der Waals surface area (Å²) >= 11 is 0. The summed E-state index contributed by atoms with van der Waals surface area (Å²) < 4.78 is 5.45. The van der Waals surface area contributed by atoms with Crippen molar-refractivity contribution in [1.82, 2.24) is 5.32 Å². The van der Waals surface area contributed by atoms with Gasteiger partial charge in [0.1, 0.15) is 0 Å². The van der Waals surface area contributed by atoms with E-state index in [9.17, 15) is 9.59 Å². The molecule has 1 heterocycles. The summed E-state index contributed by atoms with van der Waals surface area (Å²) in [5.41, 5.74) is 0.883. The fourth-order valence-electron chi connectivity index (χ4n) is 3.16. The number of ether oxygens (including phenoxy) is 1. The first-order valence-corrected chi connectivity index (χ1v) is 7.85. The minimum atomic E-state index is -0.196. The van der Waals surface area contributed by atoms with Crippen LogP contribution in [-0.2, 0) is 4.79 Å². The van der Waals surface area contributed by atoms with Crippen LogP contribution in [0.1, 0.15) is 49.9 Å². The topological polar surface area (TPSA) is 67.4 Å². The molecule has 1 aliphatic carbocycles. The molecule has 0 spiro atoms. The van der Waals surface area contributed by atoms with Crippen LogP contribution in [0.25, 0.3) is 0 Å². The number of hydrogen-bond acceptors (Lipinski definition) is 3. The number of carbonyl (C=O) groups is 2. The zero-order chi connectivity index (χ0) is 15.7. The number of anilines is 1. The van der Waals surface area contributed by atoms with Gasteiger partial charge in [-0.25, -0.2) is 0 Å². The van der Waals surface area contributed by atoms with Gasteiger partial charge in [-0.15, -0.1) is 0 Å². The van der Waals surface area contributed by atoms with Crippen LogP contribution in [0.3, 0.4) is 0 Å². The summed E-state index contributed by atoms with van der Waals surface area (Å²) in [7, 11) is 0. The molecule has 0 aromatic heterocycles. The van der Waals surface area contributed by atoms with Crippen molar-refractivity contribution in [3.05, 3.63) is 23.8 Å². The minimum Gasteiger partial charge on any atom is -0.481 e. The Bertz CT molecular complexity index is 604. The highest BCUT2D eigenvalue weighted by Crippen LogP contribution is 2.34. The van der Waals surface area contributed by atoms with Gasteiger partial charge in [0.05, 0.1) is 11.3 Å². The highest BCUT2D eigenvalue weighted by molar-refractivity contribution is 6.03. The van der Waals surface area contributed by atoms with E-state index in [1.165, 1.54) is 0 Å². The van der Waals surface area contributed by atoms with Crippen molar-refractivity contribution in [2.75, 3.05) is 11.9 Å². The van der Waals surface area contributed by atoms with Gasteiger partial charge in [-0.3, -0.25) is 9.59 Å². The van der Waals surface area contributed by atoms with E-state index in [1.54, 1.807) is 18.2 Å². The number of benzene rings is 1. The first-order chi connectivity index (χ1) is 10.5. The molecule has 0 unspecified atom stereocenters. The second-order valence-electron chi connectivity index (χ2n) is 6.72. The number of para-hydroxylation sites is 1. The Kier molecular flexibility index (Phi) is 3.81. The molecule has 1 fully saturated rings. The number of fused-ring (bicyclic) bond motifs is 1. The van der Waals surface area contributed by atoms with Gasteiger partial charge < -0.3 is 15.4 Å². The third-order valence-electron chi connectivity index (χ3n) is 4.67. The Hall–Kier alpha value is -2.04. The van der Waals surface area contributed by atoms with E-state index < -0.39 is 0 Å². The molecular formula is C17H22N2O3. The summed E-state index contributed by atoms with van der Waals surface area (Å²) in [6.45, 7) is 4.31. The van der Waals surface area contributed by atoms with Gasteiger partial charge >= 0.3 is 0 Å². The van der Waals surface area contributed by atoms with E-state index in [0.29, 0.717) is 17.0 Å². The maximum absolute atomic E-state index is 12.6. The van der Waals surface area contributed by atoms with Crippen molar-refractivity contribution in [3.63, 3.8) is 0 Å². The summed E-state index contributed by atoms with van der Waals surface area (Å²) in [5, 5.41) is 5.89. The van der Waals surface area contributed by atoms with Gasteiger partial charge in [0, 0.05) is 5.54 Å². The molecule has 0 atom stereocenters. The second-order valence-corrected chi connectivity index (χ2v) is 6.72. The average molecular weight is 302 g/mol. The maximum atomic E-state index is 12.6. The SMILES string of the molecule is CC1CCC(C)(NC(=O)c2cccc3c2OCC(=O)N3)CC1. The molecule has 2 aliphatic rings. The molecule has 2 N–H and O–H groups in total.